The molecule has 3 rings (SSSR count). The molecule has 156 valence electrons. The summed E-state index contributed by atoms with van der Waals surface area (Å²) in [5.41, 5.74) is -0.285. The summed E-state index contributed by atoms with van der Waals surface area (Å²) in [7, 11) is 0. The van der Waals surface area contributed by atoms with Gasteiger partial charge in [0.2, 0.25) is 0 Å². The third-order valence-electron chi connectivity index (χ3n) is 4.28. The molecule has 0 aliphatic carbocycles. The van der Waals surface area contributed by atoms with Crippen LogP contribution in [0.3, 0.4) is 0 Å². The summed E-state index contributed by atoms with van der Waals surface area (Å²) in [6, 6.07) is 15.6. The number of hydrogen-bond donors (Lipinski definition) is 0. The lowest BCUT2D eigenvalue weighted by Crippen LogP contribution is -2.17. The number of Topliss-reactive ketones (excluding diaryl/α,β-unsaturated/α-hetero) is 1. The lowest BCUT2D eigenvalue weighted by molar-refractivity contribution is -0.384. The maximum Gasteiger partial charge on any atom is 0.339 e. The molecule has 0 heterocycles. The van der Waals surface area contributed by atoms with E-state index in [2.05, 4.69) is 0 Å². The van der Waals surface area contributed by atoms with E-state index in [1.165, 1.54) is 48.5 Å². The fourth-order valence-electron chi connectivity index (χ4n) is 2.76. The smallest absolute Gasteiger partial charge is 0.339 e. The number of halogens is 2. The van der Waals surface area contributed by atoms with Gasteiger partial charge in [0, 0.05) is 27.8 Å². The van der Waals surface area contributed by atoms with E-state index in [0.29, 0.717) is 5.02 Å². The van der Waals surface area contributed by atoms with Crippen LogP contribution in [0.4, 0.5) is 5.69 Å². The monoisotopic (exact) mass is 457 g/mol. The van der Waals surface area contributed by atoms with Gasteiger partial charge in [-0.1, -0.05) is 53.5 Å². The molecular formula is C22H13Cl2NO6. The second-order valence-electron chi connectivity index (χ2n) is 6.31. The molecule has 0 aliphatic heterocycles. The van der Waals surface area contributed by atoms with Crippen molar-refractivity contribution >= 4 is 46.4 Å². The van der Waals surface area contributed by atoms with Crippen LogP contribution in [0.15, 0.2) is 66.7 Å². The highest BCUT2D eigenvalue weighted by Crippen LogP contribution is 2.27. The number of esters is 1. The van der Waals surface area contributed by atoms with E-state index in [0.717, 1.165) is 6.07 Å². The van der Waals surface area contributed by atoms with Crippen LogP contribution in [-0.4, -0.2) is 29.1 Å². The number of nitro groups is 1. The van der Waals surface area contributed by atoms with Crippen LogP contribution in [0.5, 0.6) is 0 Å². The fourth-order valence-corrected chi connectivity index (χ4v) is 3.14. The van der Waals surface area contributed by atoms with Gasteiger partial charge in [-0.15, -0.1) is 0 Å². The van der Waals surface area contributed by atoms with Gasteiger partial charge in [-0.25, -0.2) is 4.79 Å². The van der Waals surface area contributed by atoms with Crippen LogP contribution in [0.1, 0.15) is 36.6 Å². The van der Waals surface area contributed by atoms with E-state index in [-0.39, 0.29) is 27.3 Å². The number of hydrogen-bond acceptors (Lipinski definition) is 6. The summed E-state index contributed by atoms with van der Waals surface area (Å²) in [5, 5.41) is 11.3. The van der Waals surface area contributed by atoms with Crippen molar-refractivity contribution in [2.75, 3.05) is 6.61 Å². The van der Waals surface area contributed by atoms with E-state index in [1.54, 1.807) is 12.1 Å². The Labute approximate surface area is 186 Å². The lowest BCUT2D eigenvalue weighted by Gasteiger charge is -2.09. The fraction of sp³-hybridized carbons (Fsp3) is 0.0455. The van der Waals surface area contributed by atoms with Crippen molar-refractivity contribution in [1.82, 2.24) is 0 Å². The van der Waals surface area contributed by atoms with Gasteiger partial charge < -0.3 is 4.74 Å². The number of benzene rings is 3. The number of carbonyl (C=O) groups excluding carboxylic acids is 3. The van der Waals surface area contributed by atoms with Crippen LogP contribution in [0.25, 0.3) is 0 Å². The Balaban J connectivity index is 1.82. The van der Waals surface area contributed by atoms with Gasteiger partial charge in [0.05, 0.1) is 10.5 Å². The zero-order valence-electron chi connectivity index (χ0n) is 15.7. The molecule has 0 saturated carbocycles. The normalized spacial score (nSPS) is 10.4. The average Bonchev–Trinajstić information content (AvgIpc) is 2.76. The van der Waals surface area contributed by atoms with Crippen molar-refractivity contribution in [3.8, 4) is 0 Å². The summed E-state index contributed by atoms with van der Waals surface area (Å²) < 4.78 is 5.08. The third-order valence-corrected chi connectivity index (χ3v) is 4.83. The van der Waals surface area contributed by atoms with Crippen LogP contribution in [0, 0.1) is 10.1 Å². The zero-order chi connectivity index (χ0) is 22.5. The number of carbonyl (C=O) groups is 3. The van der Waals surface area contributed by atoms with Crippen LogP contribution >= 0.6 is 23.2 Å². The van der Waals surface area contributed by atoms with Crippen molar-refractivity contribution in [2.24, 2.45) is 0 Å². The molecule has 9 heteroatoms. The lowest BCUT2D eigenvalue weighted by atomic mass is 9.98. The third kappa shape index (κ3) is 5.14. The quantitative estimate of drug-likeness (QED) is 0.209. The molecule has 0 N–H and O–H groups in total. The Morgan fingerprint density at radius 2 is 1.58 bits per heavy atom. The standard InChI is InChI=1S/C22H13Cl2NO6/c23-15-5-3-4-13(10-15)20(26)12-31-22(28)17-7-2-1-6-16(17)21(27)14-8-9-18(24)19(11-14)25(29)30/h1-11H,12H2. The highest BCUT2D eigenvalue weighted by molar-refractivity contribution is 6.33. The molecule has 0 spiro atoms. The second kappa shape index (κ2) is 9.51. The average molecular weight is 458 g/mol. The number of ether oxygens (including phenoxy) is 1. The zero-order valence-corrected chi connectivity index (χ0v) is 17.2. The van der Waals surface area contributed by atoms with Crippen molar-refractivity contribution in [3.63, 3.8) is 0 Å². The van der Waals surface area contributed by atoms with Gasteiger partial charge in [-0.2, -0.15) is 0 Å². The molecule has 0 aromatic heterocycles. The SMILES string of the molecule is O=C(COC(=O)c1ccccc1C(=O)c1ccc(Cl)c([N+](=O)[O-])c1)c1cccc(Cl)c1. The number of ketones is 2. The minimum absolute atomic E-state index is 0.0219. The Hall–Kier alpha value is -3.55. The van der Waals surface area contributed by atoms with E-state index in [4.69, 9.17) is 27.9 Å². The first-order valence-electron chi connectivity index (χ1n) is 8.81. The van der Waals surface area contributed by atoms with Gasteiger partial charge in [0.25, 0.3) is 5.69 Å². The van der Waals surface area contributed by atoms with E-state index < -0.39 is 34.8 Å². The Morgan fingerprint density at radius 3 is 2.26 bits per heavy atom. The Kier molecular flexibility index (Phi) is 6.79. The van der Waals surface area contributed by atoms with Gasteiger partial charge in [0.15, 0.2) is 18.2 Å². The molecular weight excluding hydrogens is 445 g/mol. The summed E-state index contributed by atoms with van der Waals surface area (Å²) in [6.45, 7) is -0.548. The van der Waals surface area contributed by atoms with Crippen LogP contribution in [-0.2, 0) is 4.74 Å². The molecule has 0 saturated heterocycles. The molecule has 0 amide bonds. The van der Waals surface area contributed by atoms with Crippen molar-refractivity contribution in [2.45, 2.75) is 0 Å². The number of nitrogens with zero attached hydrogens (tertiary/aromatic N) is 1. The summed E-state index contributed by atoms with van der Waals surface area (Å²) in [5.74, 6) is -1.98. The first-order chi connectivity index (χ1) is 14.8. The van der Waals surface area contributed by atoms with Crippen molar-refractivity contribution < 1.29 is 24.0 Å². The molecule has 0 radical (unpaired) electrons. The maximum atomic E-state index is 12.9. The summed E-state index contributed by atoms with van der Waals surface area (Å²) >= 11 is 11.6. The largest absolute Gasteiger partial charge is 0.454 e. The predicted octanol–water partition coefficient (Wildman–Crippen LogP) is 5.17. The molecule has 31 heavy (non-hydrogen) atoms. The van der Waals surface area contributed by atoms with E-state index in [1.807, 2.05) is 0 Å². The van der Waals surface area contributed by atoms with Crippen LogP contribution < -0.4 is 0 Å². The second-order valence-corrected chi connectivity index (χ2v) is 7.15. The molecule has 0 unspecified atom stereocenters. The minimum Gasteiger partial charge on any atom is -0.454 e. The highest BCUT2D eigenvalue weighted by atomic mass is 35.5. The summed E-state index contributed by atoms with van der Waals surface area (Å²) in [6.07, 6.45) is 0. The van der Waals surface area contributed by atoms with E-state index >= 15 is 0 Å². The highest BCUT2D eigenvalue weighted by Gasteiger charge is 2.22. The Morgan fingerprint density at radius 1 is 0.871 bits per heavy atom. The maximum absolute atomic E-state index is 12.9. The van der Waals surface area contributed by atoms with Gasteiger partial charge in [-0.05, 0) is 30.3 Å². The first kappa shape index (κ1) is 22.1. The molecule has 3 aromatic rings. The van der Waals surface area contributed by atoms with Crippen molar-refractivity contribution in [1.29, 1.82) is 0 Å². The first-order valence-corrected chi connectivity index (χ1v) is 9.57. The molecule has 7 nitrogen and oxygen atoms in total. The predicted molar refractivity (Wildman–Crippen MR) is 114 cm³/mol. The van der Waals surface area contributed by atoms with Crippen LogP contribution in [0.2, 0.25) is 10.0 Å². The molecule has 0 fully saturated rings. The molecule has 0 atom stereocenters. The number of nitro benzene ring substituents is 1. The summed E-state index contributed by atoms with van der Waals surface area (Å²) in [4.78, 5) is 48.1. The number of rotatable bonds is 7. The minimum atomic E-state index is -0.886. The topological polar surface area (TPSA) is 104 Å². The van der Waals surface area contributed by atoms with E-state index in [9.17, 15) is 24.5 Å². The van der Waals surface area contributed by atoms with Crippen molar-refractivity contribution in [3.05, 3.63) is 109 Å². The van der Waals surface area contributed by atoms with Gasteiger partial charge in [-0.3, -0.25) is 19.7 Å². The van der Waals surface area contributed by atoms with Gasteiger partial charge >= 0.3 is 5.97 Å². The molecule has 0 bridgehead atoms. The molecule has 3 aromatic carbocycles. The van der Waals surface area contributed by atoms with Gasteiger partial charge in [0.1, 0.15) is 5.02 Å². The Bertz CT molecular complexity index is 1210. The molecule has 0 aliphatic rings.